The van der Waals surface area contributed by atoms with Crippen molar-refractivity contribution < 1.29 is 19.6 Å². The zero-order valence-electron chi connectivity index (χ0n) is 12.2. The maximum absolute atomic E-state index is 12.0. The van der Waals surface area contributed by atoms with Crippen LogP contribution in [0.3, 0.4) is 0 Å². The van der Waals surface area contributed by atoms with Crippen LogP contribution in [0.2, 0.25) is 0 Å². The fraction of sp³-hybridized carbons (Fsp3) is 0.500. The molecule has 0 bridgehead atoms. The van der Waals surface area contributed by atoms with Gasteiger partial charge in [0.15, 0.2) is 0 Å². The monoisotopic (exact) mass is 296 g/mol. The first kappa shape index (κ1) is 16.9. The summed E-state index contributed by atoms with van der Waals surface area (Å²) >= 11 is 0. The smallest absolute Gasteiger partial charge is 0.273 e. The van der Waals surface area contributed by atoms with Crippen molar-refractivity contribution in [1.29, 1.82) is 0 Å². The molecule has 21 heavy (non-hydrogen) atoms. The van der Waals surface area contributed by atoms with Crippen molar-refractivity contribution >= 4 is 11.6 Å². The molecule has 7 nitrogen and oxygen atoms in total. The third-order valence-electron chi connectivity index (χ3n) is 3.11. The number of carbonyl (C=O) groups is 1. The quantitative estimate of drug-likeness (QED) is 0.432. The second kappa shape index (κ2) is 8.21. The van der Waals surface area contributed by atoms with Crippen LogP contribution in [-0.4, -0.2) is 36.2 Å². The molecule has 0 saturated carbocycles. The van der Waals surface area contributed by atoms with Crippen LogP contribution in [0, 0.1) is 16.0 Å². The predicted octanol–water partition coefficient (Wildman–Crippen LogP) is 1.74. The van der Waals surface area contributed by atoms with E-state index < -0.39 is 4.92 Å². The van der Waals surface area contributed by atoms with E-state index in [0.29, 0.717) is 6.54 Å². The van der Waals surface area contributed by atoms with Gasteiger partial charge in [-0.05, 0) is 24.8 Å². The van der Waals surface area contributed by atoms with Crippen molar-refractivity contribution in [2.24, 2.45) is 5.92 Å². The Morgan fingerprint density at radius 3 is 2.81 bits per heavy atom. The molecule has 0 aliphatic heterocycles. The van der Waals surface area contributed by atoms with Crippen molar-refractivity contribution in [3.8, 4) is 5.75 Å². The van der Waals surface area contributed by atoms with Crippen LogP contribution >= 0.6 is 0 Å². The van der Waals surface area contributed by atoms with Gasteiger partial charge < -0.3 is 15.2 Å². The number of nitro groups is 1. The summed E-state index contributed by atoms with van der Waals surface area (Å²) in [7, 11) is 1.36. The number of aliphatic hydroxyl groups excluding tert-OH is 1. The molecule has 1 aromatic carbocycles. The number of aliphatic hydroxyl groups is 1. The van der Waals surface area contributed by atoms with E-state index in [1.807, 2.05) is 6.92 Å². The average molecular weight is 296 g/mol. The standard InChI is InChI=1S/C14H20N2O5/c1-10(9-17)4-3-7-15-14(18)12-6-5-11(16(19)20)8-13(12)21-2/h5-6,8,10,17H,3-4,7,9H2,1-2H3,(H,15,18). The highest BCUT2D eigenvalue weighted by molar-refractivity contribution is 5.97. The number of rotatable bonds is 8. The van der Waals surface area contributed by atoms with Crippen molar-refractivity contribution in [1.82, 2.24) is 5.32 Å². The summed E-state index contributed by atoms with van der Waals surface area (Å²) in [5.41, 5.74) is 0.137. The number of methoxy groups -OCH3 is 1. The lowest BCUT2D eigenvalue weighted by Gasteiger charge is -2.10. The van der Waals surface area contributed by atoms with Gasteiger partial charge in [0.2, 0.25) is 0 Å². The Labute approximate surface area is 123 Å². The summed E-state index contributed by atoms with van der Waals surface area (Å²) in [5.74, 6) is 0.0413. The Kier molecular flexibility index (Phi) is 6.61. The molecule has 0 aliphatic carbocycles. The Morgan fingerprint density at radius 2 is 2.24 bits per heavy atom. The van der Waals surface area contributed by atoms with Gasteiger partial charge in [-0.3, -0.25) is 14.9 Å². The third-order valence-corrected chi connectivity index (χ3v) is 3.11. The maximum atomic E-state index is 12.0. The van der Waals surface area contributed by atoms with E-state index in [2.05, 4.69) is 5.32 Å². The highest BCUT2D eigenvalue weighted by Crippen LogP contribution is 2.24. The molecule has 2 N–H and O–H groups in total. The fourth-order valence-corrected chi connectivity index (χ4v) is 1.82. The largest absolute Gasteiger partial charge is 0.496 e. The van der Waals surface area contributed by atoms with Crippen molar-refractivity contribution in [3.05, 3.63) is 33.9 Å². The average Bonchev–Trinajstić information content (AvgIpc) is 2.50. The lowest BCUT2D eigenvalue weighted by Crippen LogP contribution is -2.25. The van der Waals surface area contributed by atoms with Crippen LogP contribution in [-0.2, 0) is 0 Å². The molecule has 0 saturated heterocycles. The molecule has 0 spiro atoms. The van der Waals surface area contributed by atoms with Gasteiger partial charge in [0.25, 0.3) is 11.6 Å². The minimum Gasteiger partial charge on any atom is -0.496 e. The maximum Gasteiger partial charge on any atom is 0.273 e. The van der Waals surface area contributed by atoms with E-state index in [4.69, 9.17) is 9.84 Å². The van der Waals surface area contributed by atoms with Crippen LogP contribution in [0.5, 0.6) is 5.75 Å². The van der Waals surface area contributed by atoms with Gasteiger partial charge in [0.1, 0.15) is 5.75 Å². The number of nitrogens with one attached hydrogen (secondary N) is 1. The van der Waals surface area contributed by atoms with Crippen molar-refractivity contribution in [2.75, 3.05) is 20.3 Å². The Bertz CT molecular complexity index is 504. The number of ether oxygens (including phenoxy) is 1. The molecule has 1 unspecified atom stereocenters. The minimum atomic E-state index is -0.541. The number of benzene rings is 1. The molecule has 0 aliphatic rings. The van der Waals surface area contributed by atoms with Gasteiger partial charge >= 0.3 is 0 Å². The third kappa shape index (κ3) is 5.03. The van der Waals surface area contributed by atoms with Crippen LogP contribution in [0.25, 0.3) is 0 Å². The second-order valence-corrected chi connectivity index (χ2v) is 4.83. The van der Waals surface area contributed by atoms with Crippen LogP contribution in [0.4, 0.5) is 5.69 Å². The summed E-state index contributed by atoms with van der Waals surface area (Å²) in [6.45, 7) is 2.54. The fourth-order valence-electron chi connectivity index (χ4n) is 1.82. The minimum absolute atomic E-state index is 0.125. The van der Waals surface area contributed by atoms with E-state index in [9.17, 15) is 14.9 Å². The van der Waals surface area contributed by atoms with Crippen molar-refractivity contribution in [2.45, 2.75) is 19.8 Å². The molecule has 1 amide bonds. The number of nitro benzene ring substituents is 1. The number of nitrogens with zero attached hydrogens (tertiary/aromatic N) is 1. The molecule has 0 fully saturated rings. The van der Waals surface area contributed by atoms with Gasteiger partial charge in [0, 0.05) is 19.2 Å². The number of hydrogen-bond acceptors (Lipinski definition) is 5. The molecule has 116 valence electrons. The van der Waals surface area contributed by atoms with Crippen molar-refractivity contribution in [3.63, 3.8) is 0 Å². The highest BCUT2D eigenvalue weighted by atomic mass is 16.6. The highest BCUT2D eigenvalue weighted by Gasteiger charge is 2.16. The molecular formula is C14H20N2O5. The van der Waals surface area contributed by atoms with Crippen LogP contribution in [0.1, 0.15) is 30.1 Å². The number of amides is 1. The number of non-ortho nitro benzene ring substituents is 1. The van der Waals surface area contributed by atoms with Gasteiger partial charge in [-0.2, -0.15) is 0 Å². The second-order valence-electron chi connectivity index (χ2n) is 4.83. The lowest BCUT2D eigenvalue weighted by atomic mass is 10.1. The molecule has 0 heterocycles. The Balaban J connectivity index is 2.63. The molecule has 1 atom stereocenters. The molecule has 0 aromatic heterocycles. The summed E-state index contributed by atoms with van der Waals surface area (Å²) < 4.78 is 5.02. The first-order valence-corrected chi connectivity index (χ1v) is 6.71. The number of carbonyl (C=O) groups excluding carboxylic acids is 1. The number of hydrogen-bond donors (Lipinski definition) is 2. The van der Waals surface area contributed by atoms with Crippen LogP contribution in [0.15, 0.2) is 18.2 Å². The zero-order chi connectivity index (χ0) is 15.8. The zero-order valence-corrected chi connectivity index (χ0v) is 12.2. The summed E-state index contributed by atoms with van der Waals surface area (Å²) in [5, 5.41) is 22.3. The predicted molar refractivity (Wildman–Crippen MR) is 77.5 cm³/mol. The van der Waals surface area contributed by atoms with E-state index in [0.717, 1.165) is 12.8 Å². The Morgan fingerprint density at radius 1 is 1.52 bits per heavy atom. The van der Waals surface area contributed by atoms with E-state index in [1.54, 1.807) is 0 Å². The van der Waals surface area contributed by atoms with Gasteiger partial charge in [0.05, 0.1) is 23.7 Å². The first-order valence-electron chi connectivity index (χ1n) is 6.71. The van der Waals surface area contributed by atoms with E-state index in [-0.39, 0.29) is 35.4 Å². The lowest BCUT2D eigenvalue weighted by molar-refractivity contribution is -0.384. The topological polar surface area (TPSA) is 102 Å². The summed E-state index contributed by atoms with van der Waals surface area (Å²) in [6.07, 6.45) is 1.57. The first-order chi connectivity index (χ1) is 9.99. The van der Waals surface area contributed by atoms with Gasteiger partial charge in [-0.15, -0.1) is 0 Å². The van der Waals surface area contributed by atoms with Crippen LogP contribution < -0.4 is 10.1 Å². The van der Waals surface area contributed by atoms with Gasteiger partial charge in [-0.25, -0.2) is 0 Å². The molecule has 1 rings (SSSR count). The SMILES string of the molecule is COc1cc([N+](=O)[O-])ccc1C(=O)NCCCC(C)CO. The van der Waals surface area contributed by atoms with E-state index in [1.165, 1.54) is 25.3 Å². The normalized spacial score (nSPS) is 11.8. The van der Waals surface area contributed by atoms with Gasteiger partial charge in [-0.1, -0.05) is 6.92 Å². The molecule has 1 aromatic rings. The van der Waals surface area contributed by atoms with E-state index >= 15 is 0 Å². The molecule has 7 heteroatoms. The summed E-state index contributed by atoms with van der Waals surface area (Å²) in [4.78, 5) is 22.2. The molecule has 0 radical (unpaired) electrons. The molecular weight excluding hydrogens is 276 g/mol. The summed E-state index contributed by atoms with van der Waals surface area (Å²) in [6, 6.07) is 3.87. The Hall–Kier alpha value is -2.15.